The summed E-state index contributed by atoms with van der Waals surface area (Å²) in [7, 11) is -3.45. The van der Waals surface area contributed by atoms with E-state index in [1.807, 2.05) is 12.1 Å². The number of hydrogen-bond donors (Lipinski definition) is 1. The van der Waals surface area contributed by atoms with Crippen molar-refractivity contribution in [3.05, 3.63) is 53.4 Å². The van der Waals surface area contributed by atoms with E-state index >= 15 is 0 Å². The van der Waals surface area contributed by atoms with Gasteiger partial charge in [0.2, 0.25) is 16.0 Å². The van der Waals surface area contributed by atoms with Gasteiger partial charge in [-0.1, -0.05) is 0 Å². The number of sulfonamides is 1. The number of morpholine rings is 1. The van der Waals surface area contributed by atoms with Gasteiger partial charge in [0.15, 0.2) is 5.76 Å². The number of nitrogens with zero attached hydrogens (tertiary/aromatic N) is 4. The monoisotopic (exact) mass is 537 g/mol. The van der Waals surface area contributed by atoms with Crippen molar-refractivity contribution in [3.8, 4) is 11.5 Å². The molecule has 0 spiro atoms. The first-order valence-corrected chi connectivity index (χ1v) is 13.5. The van der Waals surface area contributed by atoms with Crippen molar-refractivity contribution in [1.29, 1.82) is 0 Å². The maximum Gasteiger partial charge on any atom is 0.420 e. The van der Waals surface area contributed by atoms with Crippen LogP contribution < -0.4 is 10.2 Å². The van der Waals surface area contributed by atoms with Gasteiger partial charge in [0.25, 0.3) is 0 Å². The first-order valence-electron chi connectivity index (χ1n) is 11.9. The highest BCUT2D eigenvalue weighted by Crippen LogP contribution is 2.38. The Bertz CT molecular complexity index is 1370. The van der Waals surface area contributed by atoms with Gasteiger partial charge in [-0.25, -0.2) is 18.4 Å². The molecule has 5 rings (SSSR count). The van der Waals surface area contributed by atoms with Crippen molar-refractivity contribution < 1.29 is 30.7 Å². The van der Waals surface area contributed by atoms with Crippen LogP contribution in [0.3, 0.4) is 0 Å². The van der Waals surface area contributed by atoms with Crippen molar-refractivity contribution in [1.82, 2.24) is 14.3 Å². The summed E-state index contributed by atoms with van der Waals surface area (Å²) >= 11 is 0. The van der Waals surface area contributed by atoms with Crippen molar-refractivity contribution in [2.45, 2.75) is 26.1 Å². The van der Waals surface area contributed by atoms with Gasteiger partial charge in [0.05, 0.1) is 25.5 Å². The summed E-state index contributed by atoms with van der Waals surface area (Å²) in [4.78, 5) is 10.2. The Labute approximate surface area is 212 Å². The number of halogens is 3. The smallest absolute Gasteiger partial charge is 0.420 e. The quantitative estimate of drug-likeness (QED) is 0.503. The predicted octanol–water partition coefficient (Wildman–Crippen LogP) is 4.04. The number of benzene rings is 1. The zero-order valence-electron chi connectivity index (χ0n) is 20.1. The number of fused-ring (bicyclic) bond motifs is 1. The Kier molecular flexibility index (Phi) is 6.86. The van der Waals surface area contributed by atoms with Crippen molar-refractivity contribution in [2.75, 3.05) is 48.8 Å². The van der Waals surface area contributed by atoms with Gasteiger partial charge < -0.3 is 19.4 Å². The lowest BCUT2D eigenvalue weighted by molar-refractivity contribution is -0.137. The fourth-order valence-electron chi connectivity index (χ4n) is 4.38. The van der Waals surface area contributed by atoms with E-state index in [2.05, 4.69) is 20.2 Å². The van der Waals surface area contributed by atoms with E-state index in [-0.39, 0.29) is 30.6 Å². The van der Waals surface area contributed by atoms with E-state index in [0.717, 1.165) is 25.0 Å². The molecule has 2 aliphatic heterocycles. The fourth-order valence-corrected chi connectivity index (χ4v) is 5.43. The normalized spacial score (nSPS) is 17.0. The highest BCUT2D eigenvalue weighted by atomic mass is 32.2. The highest BCUT2D eigenvalue weighted by Gasteiger charge is 2.37. The second-order valence-electron chi connectivity index (χ2n) is 8.77. The van der Waals surface area contributed by atoms with Gasteiger partial charge in [-0.2, -0.15) is 17.5 Å². The minimum absolute atomic E-state index is 0.0216. The van der Waals surface area contributed by atoms with Gasteiger partial charge in [0.1, 0.15) is 17.0 Å². The third kappa shape index (κ3) is 5.43. The molecule has 0 aliphatic carbocycles. The first-order chi connectivity index (χ1) is 17.6. The molecule has 1 saturated heterocycles. The Morgan fingerprint density at radius 3 is 2.51 bits per heavy atom. The lowest BCUT2D eigenvalue weighted by Crippen LogP contribution is -2.36. The van der Waals surface area contributed by atoms with Crippen molar-refractivity contribution >= 4 is 27.3 Å². The van der Waals surface area contributed by atoms with Crippen LogP contribution in [0.4, 0.5) is 30.5 Å². The summed E-state index contributed by atoms with van der Waals surface area (Å²) in [5.74, 6) is 0.147. The molecule has 0 saturated carbocycles. The van der Waals surface area contributed by atoms with Crippen LogP contribution in [0.15, 0.2) is 40.9 Å². The summed E-state index contributed by atoms with van der Waals surface area (Å²) in [6.07, 6.45) is -3.65. The molecule has 2 aromatic heterocycles. The molecule has 1 N–H and O–H groups in total. The molecule has 4 heterocycles. The van der Waals surface area contributed by atoms with E-state index in [9.17, 15) is 21.6 Å². The number of nitrogens with one attached hydrogen (secondary N) is 1. The minimum Gasteiger partial charge on any atom is -0.458 e. The summed E-state index contributed by atoms with van der Waals surface area (Å²) in [6.45, 7) is 4.64. The fraction of sp³-hybridized carbons (Fsp3) is 0.417. The third-order valence-electron chi connectivity index (χ3n) is 6.43. The second kappa shape index (κ2) is 9.95. The molecule has 0 bridgehead atoms. The summed E-state index contributed by atoms with van der Waals surface area (Å²) in [5, 5.41) is 2.96. The number of rotatable bonds is 6. The first kappa shape index (κ1) is 25.5. The molecular weight excluding hydrogens is 511 g/mol. The van der Waals surface area contributed by atoms with Crippen LogP contribution >= 0.6 is 0 Å². The van der Waals surface area contributed by atoms with Crippen LogP contribution in [0.2, 0.25) is 0 Å². The number of hydrogen-bond acceptors (Lipinski definition) is 8. The van der Waals surface area contributed by atoms with Gasteiger partial charge in [-0.15, -0.1) is 0 Å². The molecule has 0 atom stereocenters. The van der Waals surface area contributed by atoms with Crippen LogP contribution in [-0.4, -0.2) is 61.3 Å². The van der Waals surface area contributed by atoms with Gasteiger partial charge in [-0.05, 0) is 49.2 Å². The van der Waals surface area contributed by atoms with Crippen molar-refractivity contribution in [3.63, 3.8) is 0 Å². The molecule has 0 amide bonds. The highest BCUT2D eigenvalue weighted by molar-refractivity contribution is 7.89. The van der Waals surface area contributed by atoms with E-state index in [0.29, 0.717) is 36.6 Å². The second-order valence-corrected chi connectivity index (χ2v) is 11.0. The standard InChI is InChI=1S/C24H26F3N5O4S/c1-2-37(33,34)32-8-7-16-13-20(36-21(16)15-32)22-19(24(25,26)27)14-28-23(30-22)29-17-3-5-18(6-4-17)31-9-11-35-12-10-31/h3-6,13-14H,2,7-12,15H2,1H3,(H,28,29,30). The molecule has 9 nitrogen and oxygen atoms in total. The molecule has 2 aliphatic rings. The van der Waals surface area contributed by atoms with Crippen molar-refractivity contribution in [2.24, 2.45) is 0 Å². The number of furan rings is 1. The molecule has 1 fully saturated rings. The lowest BCUT2D eigenvalue weighted by Gasteiger charge is -2.28. The molecule has 1 aromatic carbocycles. The van der Waals surface area contributed by atoms with E-state index < -0.39 is 27.5 Å². The predicted molar refractivity (Wildman–Crippen MR) is 131 cm³/mol. The number of ether oxygens (including phenoxy) is 1. The van der Waals surface area contributed by atoms with E-state index in [1.165, 1.54) is 10.4 Å². The Morgan fingerprint density at radius 2 is 1.84 bits per heavy atom. The zero-order valence-corrected chi connectivity index (χ0v) is 20.9. The van der Waals surface area contributed by atoms with Gasteiger partial charge in [0, 0.05) is 37.2 Å². The largest absolute Gasteiger partial charge is 0.458 e. The topological polar surface area (TPSA) is 101 Å². The van der Waals surface area contributed by atoms with Crippen LogP contribution in [-0.2, 0) is 33.9 Å². The molecule has 37 heavy (non-hydrogen) atoms. The molecule has 0 radical (unpaired) electrons. The van der Waals surface area contributed by atoms with Gasteiger partial charge >= 0.3 is 6.18 Å². The van der Waals surface area contributed by atoms with E-state index in [4.69, 9.17) is 9.15 Å². The maximum atomic E-state index is 13.8. The van der Waals surface area contributed by atoms with E-state index in [1.54, 1.807) is 19.1 Å². The molecule has 198 valence electrons. The van der Waals surface area contributed by atoms with Crippen LogP contribution in [0.1, 0.15) is 23.8 Å². The van der Waals surface area contributed by atoms with Crippen LogP contribution in [0.5, 0.6) is 0 Å². The summed E-state index contributed by atoms with van der Waals surface area (Å²) in [6, 6.07) is 8.94. The number of aromatic nitrogens is 2. The Morgan fingerprint density at radius 1 is 1.11 bits per heavy atom. The zero-order chi connectivity index (χ0) is 26.2. The maximum absolute atomic E-state index is 13.8. The average Bonchev–Trinajstić information content (AvgIpc) is 3.32. The van der Waals surface area contributed by atoms with Gasteiger partial charge in [-0.3, -0.25) is 0 Å². The molecule has 0 unspecified atom stereocenters. The SMILES string of the molecule is CCS(=O)(=O)N1CCc2cc(-c3nc(Nc4ccc(N5CCOCC5)cc4)ncc3C(F)(F)F)oc2C1. The van der Waals surface area contributed by atoms with Crippen LogP contribution in [0, 0.1) is 0 Å². The van der Waals surface area contributed by atoms with Crippen LogP contribution in [0.25, 0.3) is 11.5 Å². The minimum atomic E-state index is -4.71. The third-order valence-corrected chi connectivity index (χ3v) is 8.26. The number of alkyl halides is 3. The number of anilines is 3. The Hall–Kier alpha value is -3.16. The summed E-state index contributed by atoms with van der Waals surface area (Å²) < 4.78 is 78.4. The molecular formula is C24H26F3N5O4S. The summed E-state index contributed by atoms with van der Waals surface area (Å²) in [5.41, 5.74) is 0.849. The molecule has 13 heteroatoms. The molecule has 3 aromatic rings. The Balaban J connectivity index is 1.42. The average molecular weight is 538 g/mol. The lowest BCUT2D eigenvalue weighted by atomic mass is 10.1.